The highest BCUT2D eigenvalue weighted by Gasteiger charge is 2.46. The average Bonchev–Trinajstić information content (AvgIpc) is 2.26. The first kappa shape index (κ1) is 13.4. The summed E-state index contributed by atoms with van der Waals surface area (Å²) in [6.45, 7) is 8.17. The zero-order valence-electron chi connectivity index (χ0n) is 11.8. The molecule has 0 aromatic carbocycles. The van der Waals surface area contributed by atoms with E-state index in [1.165, 1.54) is 0 Å². The van der Waals surface area contributed by atoms with Gasteiger partial charge in [0.25, 0.3) is 0 Å². The molecule has 2 atom stereocenters. The molecule has 0 aromatic heterocycles. The van der Waals surface area contributed by atoms with Gasteiger partial charge in [0, 0.05) is 6.04 Å². The van der Waals surface area contributed by atoms with Gasteiger partial charge in [-0.15, -0.1) is 0 Å². The lowest BCUT2D eigenvalue weighted by Gasteiger charge is -2.49. The summed E-state index contributed by atoms with van der Waals surface area (Å²) in [7, 11) is 0. The highest BCUT2D eigenvalue weighted by molar-refractivity contribution is 5.97. The van der Waals surface area contributed by atoms with E-state index in [0.29, 0.717) is 12.3 Å². The Kier molecular flexibility index (Phi) is 3.64. The molecule has 0 spiro atoms. The molecule has 0 radical (unpaired) electrons. The number of nitrogens with zero attached hydrogens (tertiary/aromatic N) is 1. The lowest BCUT2D eigenvalue weighted by Crippen LogP contribution is -2.68. The number of rotatable bonds is 3. The van der Waals surface area contributed by atoms with Crippen molar-refractivity contribution in [2.75, 3.05) is 0 Å². The number of nitrogens with one attached hydrogen (secondary N) is 1. The molecule has 1 saturated carbocycles. The van der Waals surface area contributed by atoms with Crippen LogP contribution in [0.5, 0.6) is 0 Å². The van der Waals surface area contributed by atoms with Crippen molar-refractivity contribution >= 4 is 11.8 Å². The maximum absolute atomic E-state index is 12.5. The molecule has 1 aliphatic heterocycles. The second-order valence-corrected chi connectivity index (χ2v) is 6.13. The minimum atomic E-state index is -0.316. The van der Waals surface area contributed by atoms with Crippen LogP contribution in [0.3, 0.4) is 0 Å². The number of hydrogen-bond donors (Lipinski definition) is 1. The van der Waals surface area contributed by atoms with Crippen molar-refractivity contribution in [3.05, 3.63) is 0 Å². The van der Waals surface area contributed by atoms with E-state index in [2.05, 4.69) is 12.2 Å². The van der Waals surface area contributed by atoms with E-state index < -0.39 is 0 Å². The smallest absolute Gasteiger partial charge is 0.246 e. The molecule has 1 heterocycles. The van der Waals surface area contributed by atoms with Crippen molar-refractivity contribution in [3.8, 4) is 0 Å². The minimum absolute atomic E-state index is 0.0241. The SMILES string of the molecule is CCC1NC(=O)C(C(C)C)N(C2CC(C)C2)C1=O. The van der Waals surface area contributed by atoms with Crippen LogP contribution < -0.4 is 5.32 Å². The third kappa shape index (κ3) is 2.13. The fraction of sp³-hybridized carbons (Fsp3) is 0.857. The first-order chi connectivity index (χ1) is 8.45. The molecule has 0 aromatic rings. The van der Waals surface area contributed by atoms with E-state index in [1.54, 1.807) is 0 Å². The molecule has 2 unspecified atom stereocenters. The fourth-order valence-corrected chi connectivity index (χ4v) is 3.16. The lowest BCUT2D eigenvalue weighted by atomic mass is 9.78. The summed E-state index contributed by atoms with van der Waals surface area (Å²) in [6, 6.07) is -0.318. The van der Waals surface area contributed by atoms with E-state index in [9.17, 15) is 9.59 Å². The molecule has 2 rings (SSSR count). The standard InChI is InChI=1S/C14H24N2O2/c1-5-11-14(18)16(10-6-9(4)7-10)12(8(2)3)13(17)15-11/h8-12H,5-7H2,1-4H3,(H,15,17). The van der Waals surface area contributed by atoms with Crippen LogP contribution in [0.25, 0.3) is 0 Å². The topological polar surface area (TPSA) is 49.4 Å². The first-order valence-corrected chi connectivity index (χ1v) is 7.08. The Hall–Kier alpha value is -1.06. The number of piperazine rings is 1. The van der Waals surface area contributed by atoms with Crippen molar-refractivity contribution in [1.29, 1.82) is 0 Å². The second kappa shape index (κ2) is 4.90. The molecule has 0 bridgehead atoms. The summed E-state index contributed by atoms with van der Waals surface area (Å²) in [5.74, 6) is 0.993. The molecule has 1 N–H and O–H groups in total. The van der Waals surface area contributed by atoms with Gasteiger partial charge in [0.1, 0.15) is 12.1 Å². The van der Waals surface area contributed by atoms with E-state index in [0.717, 1.165) is 12.8 Å². The Labute approximate surface area is 109 Å². The van der Waals surface area contributed by atoms with E-state index in [-0.39, 0.29) is 35.9 Å². The molecule has 1 aliphatic carbocycles. The number of amides is 2. The molecular formula is C14H24N2O2. The summed E-state index contributed by atoms with van der Waals surface area (Å²) >= 11 is 0. The van der Waals surface area contributed by atoms with Gasteiger partial charge < -0.3 is 10.2 Å². The fourth-order valence-electron chi connectivity index (χ4n) is 3.16. The van der Waals surface area contributed by atoms with E-state index in [4.69, 9.17) is 0 Å². The molecule has 4 heteroatoms. The van der Waals surface area contributed by atoms with Crippen molar-refractivity contribution in [2.45, 2.75) is 65.1 Å². The van der Waals surface area contributed by atoms with Gasteiger partial charge in [0.05, 0.1) is 0 Å². The molecule has 18 heavy (non-hydrogen) atoms. The molecule has 2 aliphatic rings. The van der Waals surface area contributed by atoms with Crippen LogP contribution in [0.4, 0.5) is 0 Å². The molecular weight excluding hydrogens is 228 g/mol. The normalized spacial score (nSPS) is 36.6. The van der Waals surface area contributed by atoms with Crippen LogP contribution in [-0.2, 0) is 9.59 Å². The zero-order chi connectivity index (χ0) is 13.4. The summed E-state index contributed by atoms with van der Waals surface area (Å²) in [5.41, 5.74) is 0. The predicted octanol–water partition coefficient (Wildman–Crippen LogP) is 1.55. The summed E-state index contributed by atoms with van der Waals surface area (Å²) in [6.07, 6.45) is 2.76. The molecule has 2 amide bonds. The lowest BCUT2D eigenvalue weighted by molar-refractivity contribution is -0.157. The van der Waals surface area contributed by atoms with Gasteiger partial charge in [-0.05, 0) is 31.1 Å². The van der Waals surface area contributed by atoms with Crippen molar-refractivity contribution < 1.29 is 9.59 Å². The molecule has 102 valence electrons. The van der Waals surface area contributed by atoms with Crippen LogP contribution in [0.2, 0.25) is 0 Å². The van der Waals surface area contributed by atoms with Crippen LogP contribution in [0.15, 0.2) is 0 Å². The summed E-state index contributed by atoms with van der Waals surface area (Å²) in [5, 5.41) is 2.86. The largest absolute Gasteiger partial charge is 0.343 e. The van der Waals surface area contributed by atoms with Gasteiger partial charge in [-0.3, -0.25) is 9.59 Å². The van der Waals surface area contributed by atoms with Gasteiger partial charge in [-0.25, -0.2) is 0 Å². The van der Waals surface area contributed by atoms with Crippen LogP contribution >= 0.6 is 0 Å². The zero-order valence-corrected chi connectivity index (χ0v) is 11.8. The van der Waals surface area contributed by atoms with Gasteiger partial charge in [0.2, 0.25) is 11.8 Å². The quantitative estimate of drug-likeness (QED) is 0.828. The Morgan fingerprint density at radius 1 is 1.33 bits per heavy atom. The van der Waals surface area contributed by atoms with Gasteiger partial charge in [0.15, 0.2) is 0 Å². The average molecular weight is 252 g/mol. The van der Waals surface area contributed by atoms with Crippen molar-refractivity contribution in [3.63, 3.8) is 0 Å². The van der Waals surface area contributed by atoms with Crippen LogP contribution in [0.1, 0.15) is 47.0 Å². The van der Waals surface area contributed by atoms with Crippen molar-refractivity contribution in [2.24, 2.45) is 11.8 Å². The Bertz CT molecular complexity index is 348. The first-order valence-electron chi connectivity index (χ1n) is 7.08. The third-order valence-electron chi connectivity index (χ3n) is 4.22. The van der Waals surface area contributed by atoms with E-state index >= 15 is 0 Å². The number of carbonyl (C=O) groups excluding carboxylic acids is 2. The van der Waals surface area contributed by atoms with Crippen molar-refractivity contribution in [1.82, 2.24) is 10.2 Å². The van der Waals surface area contributed by atoms with Crippen LogP contribution in [-0.4, -0.2) is 34.8 Å². The maximum atomic E-state index is 12.5. The van der Waals surface area contributed by atoms with Gasteiger partial charge >= 0.3 is 0 Å². The molecule has 4 nitrogen and oxygen atoms in total. The molecule has 1 saturated heterocycles. The third-order valence-corrected chi connectivity index (χ3v) is 4.22. The predicted molar refractivity (Wildman–Crippen MR) is 69.9 cm³/mol. The highest BCUT2D eigenvalue weighted by atomic mass is 16.2. The maximum Gasteiger partial charge on any atom is 0.246 e. The molecule has 2 fully saturated rings. The highest BCUT2D eigenvalue weighted by Crippen LogP contribution is 2.35. The Morgan fingerprint density at radius 3 is 2.39 bits per heavy atom. The minimum Gasteiger partial charge on any atom is -0.343 e. The summed E-state index contributed by atoms with van der Waals surface area (Å²) in [4.78, 5) is 26.5. The van der Waals surface area contributed by atoms with Gasteiger partial charge in [-0.2, -0.15) is 0 Å². The van der Waals surface area contributed by atoms with Crippen LogP contribution in [0, 0.1) is 11.8 Å². The monoisotopic (exact) mass is 252 g/mol. The number of hydrogen-bond acceptors (Lipinski definition) is 2. The Balaban J connectivity index is 2.22. The number of carbonyl (C=O) groups is 2. The van der Waals surface area contributed by atoms with E-state index in [1.807, 2.05) is 25.7 Å². The second-order valence-electron chi connectivity index (χ2n) is 6.13. The Morgan fingerprint density at radius 2 is 1.94 bits per heavy atom. The summed E-state index contributed by atoms with van der Waals surface area (Å²) < 4.78 is 0. The van der Waals surface area contributed by atoms with Gasteiger partial charge in [-0.1, -0.05) is 27.7 Å².